The van der Waals surface area contributed by atoms with Crippen molar-refractivity contribution in [3.05, 3.63) is 34.6 Å². The highest BCUT2D eigenvalue weighted by molar-refractivity contribution is 5.96. The minimum atomic E-state index is -0.0370. The van der Waals surface area contributed by atoms with E-state index in [1.165, 1.54) is 0 Å². The predicted octanol–water partition coefficient (Wildman–Crippen LogP) is 2.41. The third-order valence-corrected chi connectivity index (χ3v) is 4.22. The van der Waals surface area contributed by atoms with E-state index < -0.39 is 0 Å². The van der Waals surface area contributed by atoms with Crippen LogP contribution >= 0.6 is 0 Å². The van der Waals surface area contributed by atoms with Gasteiger partial charge in [0, 0.05) is 19.7 Å². The Morgan fingerprint density at radius 1 is 1.35 bits per heavy atom. The second-order valence-corrected chi connectivity index (χ2v) is 5.83. The number of carbonyl (C=O) groups is 1. The summed E-state index contributed by atoms with van der Waals surface area (Å²) in [5, 5.41) is 6.93. The quantitative estimate of drug-likeness (QED) is 0.936. The Bertz CT molecular complexity index is 721. The van der Waals surface area contributed by atoms with Crippen molar-refractivity contribution in [1.82, 2.24) is 20.0 Å². The summed E-state index contributed by atoms with van der Waals surface area (Å²) < 4.78 is 5.14. The van der Waals surface area contributed by atoms with Crippen molar-refractivity contribution in [2.45, 2.75) is 39.7 Å². The van der Waals surface area contributed by atoms with E-state index in [9.17, 15) is 4.79 Å². The number of nitrogens with one attached hydrogen (secondary N) is 1. The molecule has 0 saturated carbocycles. The van der Waals surface area contributed by atoms with Crippen molar-refractivity contribution < 1.29 is 9.32 Å². The monoisotopic (exact) mass is 315 g/mol. The van der Waals surface area contributed by atoms with Gasteiger partial charge in [-0.1, -0.05) is 5.16 Å². The lowest BCUT2D eigenvalue weighted by atomic mass is 10.1. The highest BCUT2D eigenvalue weighted by atomic mass is 16.5. The van der Waals surface area contributed by atoms with Crippen LogP contribution in [0.25, 0.3) is 0 Å². The van der Waals surface area contributed by atoms with Crippen LogP contribution in [0.5, 0.6) is 0 Å². The molecule has 0 bridgehead atoms. The van der Waals surface area contributed by atoms with Gasteiger partial charge in [0.1, 0.15) is 23.0 Å². The fourth-order valence-corrected chi connectivity index (χ4v) is 3.14. The number of anilines is 1. The third kappa shape index (κ3) is 2.78. The van der Waals surface area contributed by atoms with Gasteiger partial charge in [0.25, 0.3) is 5.91 Å². The van der Waals surface area contributed by atoms with Gasteiger partial charge in [-0.2, -0.15) is 0 Å². The molecule has 3 heterocycles. The van der Waals surface area contributed by atoms with Gasteiger partial charge in [-0.3, -0.25) is 4.79 Å². The van der Waals surface area contributed by atoms with Crippen molar-refractivity contribution in [1.29, 1.82) is 0 Å². The van der Waals surface area contributed by atoms with Crippen LogP contribution in [0.4, 0.5) is 5.82 Å². The van der Waals surface area contributed by atoms with Gasteiger partial charge in [-0.05, 0) is 33.6 Å². The van der Waals surface area contributed by atoms with Crippen molar-refractivity contribution in [3.63, 3.8) is 0 Å². The first-order valence-electron chi connectivity index (χ1n) is 7.78. The molecule has 0 unspecified atom stereocenters. The molecule has 0 radical (unpaired) electrons. The number of nitrogens with zero attached hydrogens (tertiary/aromatic N) is 4. The Balaban J connectivity index is 1.94. The standard InChI is InChI=1S/C16H21N5O2/c1-9-15(10(2)23-20-9)16(22)21-7-5-6-13(21)12-8-14(17-4)19-11(3)18-12/h8,13H,5-7H2,1-4H3,(H,17,18,19)/t13-/m1/s1. The fraction of sp³-hybridized carbons (Fsp3) is 0.500. The molecule has 3 rings (SSSR count). The molecule has 1 atom stereocenters. The maximum absolute atomic E-state index is 12.9. The van der Waals surface area contributed by atoms with Crippen molar-refractivity contribution >= 4 is 11.7 Å². The summed E-state index contributed by atoms with van der Waals surface area (Å²) in [6, 6.07) is 1.88. The lowest BCUT2D eigenvalue weighted by Crippen LogP contribution is -2.31. The lowest BCUT2D eigenvalue weighted by Gasteiger charge is -2.24. The van der Waals surface area contributed by atoms with Crippen LogP contribution < -0.4 is 5.32 Å². The minimum absolute atomic E-state index is 0.0361. The highest BCUT2D eigenvalue weighted by Crippen LogP contribution is 2.33. The summed E-state index contributed by atoms with van der Waals surface area (Å²) in [5.41, 5.74) is 2.07. The van der Waals surface area contributed by atoms with Crippen LogP contribution in [0.1, 0.15) is 52.2 Å². The topological polar surface area (TPSA) is 84.2 Å². The number of aromatic nitrogens is 3. The van der Waals surface area contributed by atoms with Crippen molar-refractivity contribution in [3.8, 4) is 0 Å². The number of aryl methyl sites for hydroxylation is 3. The summed E-state index contributed by atoms with van der Waals surface area (Å²) in [6.45, 7) is 6.14. The average Bonchev–Trinajstić information content (AvgIpc) is 3.13. The van der Waals surface area contributed by atoms with E-state index >= 15 is 0 Å². The van der Waals surface area contributed by atoms with Crippen LogP contribution in [-0.2, 0) is 0 Å². The molecule has 1 amide bonds. The zero-order chi connectivity index (χ0) is 16.6. The molecule has 1 aliphatic rings. The van der Waals surface area contributed by atoms with Gasteiger partial charge >= 0.3 is 0 Å². The van der Waals surface area contributed by atoms with E-state index in [-0.39, 0.29) is 11.9 Å². The molecule has 1 aliphatic heterocycles. The van der Waals surface area contributed by atoms with Gasteiger partial charge in [0.2, 0.25) is 0 Å². The first-order valence-corrected chi connectivity index (χ1v) is 7.78. The fourth-order valence-electron chi connectivity index (χ4n) is 3.14. The Morgan fingerprint density at radius 3 is 2.78 bits per heavy atom. The van der Waals surface area contributed by atoms with E-state index in [1.54, 1.807) is 13.8 Å². The van der Waals surface area contributed by atoms with Crippen LogP contribution in [0, 0.1) is 20.8 Å². The van der Waals surface area contributed by atoms with Gasteiger partial charge < -0.3 is 14.7 Å². The van der Waals surface area contributed by atoms with Crippen LogP contribution in [0.2, 0.25) is 0 Å². The molecule has 1 fully saturated rings. The SMILES string of the molecule is CNc1cc([C@H]2CCCN2C(=O)c2c(C)noc2C)nc(C)n1. The molecule has 0 spiro atoms. The summed E-state index contributed by atoms with van der Waals surface area (Å²) in [6.07, 6.45) is 1.85. The number of rotatable bonds is 3. The average molecular weight is 315 g/mol. The summed E-state index contributed by atoms with van der Waals surface area (Å²) in [5.74, 6) is 1.99. The minimum Gasteiger partial charge on any atom is -0.373 e. The molecule has 1 N–H and O–H groups in total. The largest absolute Gasteiger partial charge is 0.373 e. The number of hydrogen-bond donors (Lipinski definition) is 1. The first-order chi connectivity index (χ1) is 11.0. The maximum Gasteiger partial charge on any atom is 0.259 e. The van der Waals surface area contributed by atoms with E-state index in [1.807, 2.05) is 24.9 Å². The van der Waals surface area contributed by atoms with E-state index in [0.717, 1.165) is 24.4 Å². The Morgan fingerprint density at radius 2 is 2.13 bits per heavy atom. The van der Waals surface area contributed by atoms with Crippen molar-refractivity contribution in [2.75, 3.05) is 18.9 Å². The number of carbonyl (C=O) groups excluding carboxylic acids is 1. The van der Waals surface area contributed by atoms with Gasteiger partial charge in [-0.15, -0.1) is 0 Å². The molecule has 2 aromatic rings. The molecule has 0 aliphatic carbocycles. The Kier molecular flexibility index (Phi) is 4.02. The number of amides is 1. The van der Waals surface area contributed by atoms with E-state index in [0.29, 0.717) is 29.4 Å². The summed E-state index contributed by atoms with van der Waals surface area (Å²) in [4.78, 5) is 23.7. The van der Waals surface area contributed by atoms with Crippen LogP contribution in [0.3, 0.4) is 0 Å². The van der Waals surface area contributed by atoms with E-state index in [2.05, 4.69) is 20.4 Å². The summed E-state index contributed by atoms with van der Waals surface area (Å²) >= 11 is 0. The Labute approximate surface area is 135 Å². The van der Waals surface area contributed by atoms with Gasteiger partial charge in [0.05, 0.1) is 17.4 Å². The normalized spacial score (nSPS) is 17.6. The second-order valence-electron chi connectivity index (χ2n) is 5.83. The van der Waals surface area contributed by atoms with Gasteiger partial charge in [-0.25, -0.2) is 9.97 Å². The Hall–Kier alpha value is -2.44. The van der Waals surface area contributed by atoms with E-state index in [4.69, 9.17) is 4.52 Å². The number of likely N-dealkylation sites (tertiary alicyclic amines) is 1. The molecule has 2 aromatic heterocycles. The molecule has 23 heavy (non-hydrogen) atoms. The molecule has 1 saturated heterocycles. The first kappa shape index (κ1) is 15.5. The zero-order valence-corrected chi connectivity index (χ0v) is 13.9. The molecular formula is C16H21N5O2. The molecule has 122 valence electrons. The zero-order valence-electron chi connectivity index (χ0n) is 13.9. The molecule has 7 heteroatoms. The summed E-state index contributed by atoms with van der Waals surface area (Å²) in [7, 11) is 1.83. The van der Waals surface area contributed by atoms with Crippen molar-refractivity contribution in [2.24, 2.45) is 0 Å². The number of hydrogen-bond acceptors (Lipinski definition) is 6. The second kappa shape index (κ2) is 5.98. The lowest BCUT2D eigenvalue weighted by molar-refractivity contribution is 0.0730. The van der Waals surface area contributed by atoms with Crippen LogP contribution in [-0.4, -0.2) is 39.5 Å². The highest BCUT2D eigenvalue weighted by Gasteiger charge is 2.34. The van der Waals surface area contributed by atoms with Gasteiger partial charge in [0.15, 0.2) is 0 Å². The molecule has 7 nitrogen and oxygen atoms in total. The maximum atomic E-state index is 12.9. The molecule has 0 aromatic carbocycles. The third-order valence-electron chi connectivity index (χ3n) is 4.22. The van der Waals surface area contributed by atoms with Crippen LogP contribution in [0.15, 0.2) is 10.6 Å². The molecular weight excluding hydrogens is 294 g/mol. The predicted molar refractivity (Wildman–Crippen MR) is 85.3 cm³/mol. The smallest absolute Gasteiger partial charge is 0.259 e.